The lowest BCUT2D eigenvalue weighted by atomic mass is 9.78. The van der Waals surface area contributed by atoms with Crippen LogP contribution in [-0.2, 0) is 18.8 Å². The number of esters is 1. The van der Waals surface area contributed by atoms with E-state index in [9.17, 15) is 14.0 Å². The minimum absolute atomic E-state index is 0.0683. The molecule has 0 bridgehead atoms. The minimum atomic E-state index is -0.752. The van der Waals surface area contributed by atoms with E-state index in [0.29, 0.717) is 5.47 Å². The predicted octanol–water partition coefficient (Wildman–Crippen LogP) is 3.91. The summed E-state index contributed by atoms with van der Waals surface area (Å²) in [5, 5.41) is -0.0683. The van der Waals surface area contributed by atoms with Crippen molar-refractivity contribution in [2.24, 2.45) is 0 Å². The largest absolute Gasteiger partial charge is 0.491 e. The molecular formula is C19H24BFO5S. The summed E-state index contributed by atoms with van der Waals surface area (Å²) in [4.78, 5) is 23.2. The fourth-order valence-electron chi connectivity index (χ4n) is 2.49. The lowest BCUT2D eigenvalue weighted by Crippen LogP contribution is -2.41. The zero-order valence-electron chi connectivity index (χ0n) is 16.4. The van der Waals surface area contributed by atoms with E-state index in [2.05, 4.69) is 4.74 Å². The fourth-order valence-corrected chi connectivity index (χ4v) is 3.08. The van der Waals surface area contributed by atoms with Gasteiger partial charge in [-0.05, 0) is 39.2 Å². The Morgan fingerprint density at radius 1 is 1.22 bits per heavy atom. The average molecular weight is 394 g/mol. The van der Waals surface area contributed by atoms with Crippen molar-refractivity contribution < 1.29 is 28.0 Å². The zero-order chi connectivity index (χ0) is 20.4. The van der Waals surface area contributed by atoms with Crippen LogP contribution in [0.4, 0.5) is 4.39 Å². The Kier molecular flexibility index (Phi) is 6.55. The molecule has 0 N–H and O–H groups in total. The van der Waals surface area contributed by atoms with Gasteiger partial charge in [-0.1, -0.05) is 30.0 Å². The molecule has 27 heavy (non-hydrogen) atoms. The van der Waals surface area contributed by atoms with Crippen molar-refractivity contribution in [1.29, 1.82) is 0 Å². The molecule has 0 spiro atoms. The summed E-state index contributed by atoms with van der Waals surface area (Å²) < 4.78 is 31.5. The summed E-state index contributed by atoms with van der Waals surface area (Å²) in [6.45, 7) is 9.13. The minimum Gasteiger partial charge on any atom is -0.465 e. The van der Waals surface area contributed by atoms with Crippen LogP contribution in [-0.4, -0.2) is 42.3 Å². The first-order valence-electron chi connectivity index (χ1n) is 8.55. The standard InChI is InChI=1S/C19H24BFO5S/c1-12(22)27-11-14(20-25-18(2,3)19(4,5)26-20)10-13-8-7-9-15(16(13)21)17(23)24-6/h7-10H,11H2,1-6H3. The van der Waals surface area contributed by atoms with E-state index in [-0.39, 0.29) is 22.0 Å². The second-order valence-corrected chi connectivity index (χ2v) is 8.44. The van der Waals surface area contributed by atoms with Crippen molar-refractivity contribution in [3.63, 3.8) is 0 Å². The Labute approximate surface area is 163 Å². The molecule has 1 fully saturated rings. The Balaban J connectivity index is 2.43. The van der Waals surface area contributed by atoms with E-state index in [0.717, 1.165) is 11.8 Å². The average Bonchev–Trinajstić information content (AvgIpc) is 2.79. The summed E-state index contributed by atoms with van der Waals surface area (Å²) in [6, 6.07) is 4.48. The number of carbonyl (C=O) groups is 2. The highest BCUT2D eigenvalue weighted by atomic mass is 32.2. The van der Waals surface area contributed by atoms with Gasteiger partial charge in [0.25, 0.3) is 0 Å². The highest BCUT2D eigenvalue weighted by molar-refractivity contribution is 8.13. The summed E-state index contributed by atoms with van der Waals surface area (Å²) in [6.07, 6.45) is 1.57. The molecule has 146 valence electrons. The molecule has 1 saturated heterocycles. The number of hydrogen-bond donors (Lipinski definition) is 0. The van der Waals surface area contributed by atoms with Gasteiger partial charge in [-0.2, -0.15) is 0 Å². The summed E-state index contributed by atoms with van der Waals surface area (Å²) in [7, 11) is 0.479. The molecule has 0 atom stereocenters. The number of thioether (sulfide) groups is 1. The van der Waals surface area contributed by atoms with Crippen molar-refractivity contribution in [2.75, 3.05) is 12.9 Å². The van der Waals surface area contributed by atoms with E-state index < -0.39 is 30.1 Å². The molecule has 1 heterocycles. The normalized spacial score (nSPS) is 18.5. The first-order valence-corrected chi connectivity index (χ1v) is 9.53. The maximum absolute atomic E-state index is 14.8. The maximum atomic E-state index is 14.8. The molecule has 0 saturated carbocycles. The van der Waals surface area contributed by atoms with Crippen molar-refractivity contribution in [3.05, 3.63) is 40.6 Å². The van der Waals surface area contributed by atoms with Crippen molar-refractivity contribution in [1.82, 2.24) is 0 Å². The Bertz CT molecular complexity index is 759. The fraction of sp³-hybridized carbons (Fsp3) is 0.474. The molecule has 1 aliphatic rings. The number of halogens is 1. The van der Waals surface area contributed by atoms with Gasteiger partial charge in [0, 0.05) is 18.2 Å². The summed E-state index contributed by atoms with van der Waals surface area (Å²) in [5.74, 6) is -1.15. The van der Waals surface area contributed by atoms with Crippen LogP contribution in [0.1, 0.15) is 50.5 Å². The summed E-state index contributed by atoms with van der Waals surface area (Å²) in [5.41, 5.74) is -0.478. The van der Waals surface area contributed by atoms with Crippen LogP contribution in [0, 0.1) is 5.82 Å². The quantitative estimate of drug-likeness (QED) is 0.558. The Morgan fingerprint density at radius 2 is 1.81 bits per heavy atom. The first kappa shape index (κ1) is 21.7. The number of ether oxygens (including phenoxy) is 1. The Morgan fingerprint density at radius 3 is 2.33 bits per heavy atom. The van der Waals surface area contributed by atoms with Gasteiger partial charge in [0.2, 0.25) is 0 Å². The molecular weight excluding hydrogens is 370 g/mol. The van der Waals surface area contributed by atoms with E-state index in [4.69, 9.17) is 9.31 Å². The lowest BCUT2D eigenvalue weighted by molar-refractivity contribution is -0.109. The smallest absolute Gasteiger partial charge is 0.465 e. The number of rotatable bonds is 5. The van der Waals surface area contributed by atoms with Gasteiger partial charge in [0.05, 0.1) is 23.9 Å². The van der Waals surface area contributed by atoms with Crippen LogP contribution in [0.2, 0.25) is 0 Å². The zero-order valence-corrected chi connectivity index (χ0v) is 17.2. The highest BCUT2D eigenvalue weighted by Crippen LogP contribution is 2.39. The van der Waals surface area contributed by atoms with Crippen LogP contribution >= 0.6 is 11.8 Å². The van der Waals surface area contributed by atoms with E-state index in [1.165, 1.54) is 20.1 Å². The van der Waals surface area contributed by atoms with Crippen molar-refractivity contribution in [2.45, 2.75) is 45.8 Å². The van der Waals surface area contributed by atoms with Gasteiger partial charge in [0.15, 0.2) is 5.12 Å². The monoisotopic (exact) mass is 394 g/mol. The maximum Gasteiger partial charge on any atom is 0.491 e. The highest BCUT2D eigenvalue weighted by Gasteiger charge is 2.52. The van der Waals surface area contributed by atoms with E-state index in [1.54, 1.807) is 18.2 Å². The predicted molar refractivity (Wildman–Crippen MR) is 105 cm³/mol. The number of methoxy groups -OCH3 is 1. The van der Waals surface area contributed by atoms with Gasteiger partial charge >= 0.3 is 13.1 Å². The van der Waals surface area contributed by atoms with Gasteiger partial charge in [0.1, 0.15) is 5.82 Å². The molecule has 8 heteroatoms. The molecule has 0 radical (unpaired) electrons. The molecule has 0 amide bonds. The lowest BCUT2D eigenvalue weighted by Gasteiger charge is -2.32. The van der Waals surface area contributed by atoms with Crippen LogP contribution in [0.5, 0.6) is 0 Å². The molecule has 1 aliphatic heterocycles. The molecule has 2 rings (SSSR count). The van der Waals surface area contributed by atoms with Gasteiger partial charge in [-0.15, -0.1) is 0 Å². The van der Waals surface area contributed by atoms with Gasteiger partial charge < -0.3 is 14.0 Å². The van der Waals surface area contributed by atoms with Gasteiger partial charge in [-0.25, -0.2) is 9.18 Å². The van der Waals surface area contributed by atoms with Crippen molar-refractivity contribution in [3.8, 4) is 0 Å². The van der Waals surface area contributed by atoms with Gasteiger partial charge in [-0.3, -0.25) is 4.79 Å². The second kappa shape index (κ2) is 8.16. The second-order valence-electron chi connectivity index (χ2n) is 7.29. The topological polar surface area (TPSA) is 61.8 Å². The SMILES string of the molecule is COC(=O)c1cccc(C=C(CSC(C)=O)B2OC(C)(C)C(C)(C)O2)c1F. The third-order valence-corrected chi connectivity index (χ3v) is 5.66. The number of carbonyl (C=O) groups excluding carboxylic acids is 2. The summed E-state index contributed by atoms with van der Waals surface area (Å²) >= 11 is 1.09. The third kappa shape index (κ3) is 4.80. The molecule has 0 aliphatic carbocycles. The molecule has 1 aromatic rings. The van der Waals surface area contributed by atoms with E-state index >= 15 is 0 Å². The van der Waals surface area contributed by atoms with E-state index in [1.807, 2.05) is 27.7 Å². The first-order chi connectivity index (χ1) is 12.5. The molecule has 1 aromatic carbocycles. The van der Waals surface area contributed by atoms with Crippen LogP contribution in [0.3, 0.4) is 0 Å². The molecule has 0 unspecified atom stereocenters. The van der Waals surface area contributed by atoms with Crippen LogP contribution < -0.4 is 0 Å². The van der Waals surface area contributed by atoms with Crippen LogP contribution in [0.25, 0.3) is 6.08 Å². The third-order valence-electron chi connectivity index (χ3n) is 4.77. The number of hydrogen-bond acceptors (Lipinski definition) is 6. The van der Waals surface area contributed by atoms with Crippen LogP contribution in [0.15, 0.2) is 23.7 Å². The molecule has 5 nitrogen and oxygen atoms in total. The molecule has 0 aromatic heterocycles. The van der Waals surface area contributed by atoms with Crippen molar-refractivity contribution >= 4 is 36.0 Å². The Hall–Kier alpha value is -1.64. The number of benzene rings is 1.